The van der Waals surface area contributed by atoms with Crippen molar-refractivity contribution in [2.24, 2.45) is 4.99 Å². The Labute approximate surface area is 175 Å². The third-order valence-electron chi connectivity index (χ3n) is 4.32. The van der Waals surface area contributed by atoms with Crippen molar-refractivity contribution in [2.75, 3.05) is 6.61 Å². The number of hydrogen-bond donors (Lipinski definition) is 1. The van der Waals surface area contributed by atoms with Gasteiger partial charge in [0.2, 0.25) is 0 Å². The lowest BCUT2D eigenvalue weighted by Gasteiger charge is -2.10. The quantitative estimate of drug-likeness (QED) is 0.522. The van der Waals surface area contributed by atoms with E-state index in [1.807, 2.05) is 35.9 Å². The van der Waals surface area contributed by atoms with Crippen LogP contribution in [-0.2, 0) is 12.7 Å². The first-order valence-electron chi connectivity index (χ1n) is 8.38. The molecule has 0 saturated carbocycles. The Morgan fingerprint density at radius 1 is 1.07 bits per heavy atom. The Morgan fingerprint density at radius 3 is 2.46 bits per heavy atom. The van der Waals surface area contributed by atoms with Crippen LogP contribution in [0.1, 0.15) is 16.7 Å². The maximum atomic E-state index is 12.9. The summed E-state index contributed by atoms with van der Waals surface area (Å²) in [5.74, 6) is 0. The van der Waals surface area contributed by atoms with Crippen molar-refractivity contribution >= 4 is 34.0 Å². The SMILES string of the molecule is Br.Cc1ccc(-c2csc(=Nc3cccc(C(F)(F)F)c3)n2CCO)cc1C. The van der Waals surface area contributed by atoms with Gasteiger partial charge in [0, 0.05) is 11.9 Å². The Hall–Kier alpha value is -1.90. The highest BCUT2D eigenvalue weighted by atomic mass is 79.9. The molecule has 0 amide bonds. The molecule has 0 unspecified atom stereocenters. The van der Waals surface area contributed by atoms with Gasteiger partial charge in [0.15, 0.2) is 4.80 Å². The van der Waals surface area contributed by atoms with E-state index in [0.717, 1.165) is 29.0 Å². The van der Waals surface area contributed by atoms with Crippen LogP contribution in [0.4, 0.5) is 18.9 Å². The molecule has 1 heterocycles. The number of benzene rings is 2. The van der Waals surface area contributed by atoms with E-state index in [0.29, 0.717) is 11.3 Å². The van der Waals surface area contributed by atoms with Gasteiger partial charge in [-0.1, -0.05) is 18.2 Å². The molecule has 3 aromatic rings. The molecule has 0 fully saturated rings. The molecule has 0 atom stereocenters. The van der Waals surface area contributed by atoms with Crippen molar-refractivity contribution in [1.29, 1.82) is 0 Å². The summed E-state index contributed by atoms with van der Waals surface area (Å²) in [4.78, 5) is 4.93. The van der Waals surface area contributed by atoms with Gasteiger partial charge in [-0.15, -0.1) is 28.3 Å². The van der Waals surface area contributed by atoms with Crippen LogP contribution in [0.2, 0.25) is 0 Å². The molecule has 0 aliphatic heterocycles. The highest BCUT2D eigenvalue weighted by molar-refractivity contribution is 8.93. The highest BCUT2D eigenvalue weighted by Gasteiger charge is 2.30. The van der Waals surface area contributed by atoms with E-state index in [1.165, 1.54) is 29.0 Å². The van der Waals surface area contributed by atoms with E-state index < -0.39 is 11.7 Å². The first-order chi connectivity index (χ1) is 12.8. The first kappa shape index (κ1) is 22.4. The molecule has 0 aliphatic carbocycles. The molecule has 0 aliphatic rings. The molecule has 1 aromatic heterocycles. The summed E-state index contributed by atoms with van der Waals surface area (Å²) in [5.41, 5.74) is 3.67. The number of rotatable bonds is 4. The molecular weight excluding hydrogens is 453 g/mol. The number of thiazole rings is 1. The number of halogens is 4. The molecule has 0 bridgehead atoms. The molecular formula is C20H20BrF3N2OS. The molecule has 0 spiro atoms. The highest BCUT2D eigenvalue weighted by Crippen LogP contribution is 2.31. The zero-order valence-corrected chi connectivity index (χ0v) is 17.9. The van der Waals surface area contributed by atoms with Crippen LogP contribution < -0.4 is 4.80 Å². The van der Waals surface area contributed by atoms with Crippen molar-refractivity contribution in [2.45, 2.75) is 26.6 Å². The topological polar surface area (TPSA) is 37.5 Å². The Morgan fingerprint density at radius 2 is 1.82 bits per heavy atom. The van der Waals surface area contributed by atoms with Gasteiger partial charge in [-0.25, -0.2) is 4.99 Å². The van der Waals surface area contributed by atoms with Crippen molar-refractivity contribution in [1.82, 2.24) is 4.57 Å². The van der Waals surface area contributed by atoms with Crippen LogP contribution in [0.3, 0.4) is 0 Å². The average Bonchev–Trinajstić information content (AvgIpc) is 3.00. The van der Waals surface area contributed by atoms with Gasteiger partial charge in [0.05, 0.1) is 23.6 Å². The fourth-order valence-electron chi connectivity index (χ4n) is 2.73. The van der Waals surface area contributed by atoms with Crippen molar-refractivity contribution in [3.05, 3.63) is 69.3 Å². The number of aryl methyl sites for hydroxylation is 2. The van der Waals surface area contributed by atoms with Crippen LogP contribution in [0.5, 0.6) is 0 Å². The normalized spacial score (nSPS) is 12.1. The predicted molar refractivity (Wildman–Crippen MR) is 111 cm³/mol. The maximum Gasteiger partial charge on any atom is 0.416 e. The zero-order valence-electron chi connectivity index (χ0n) is 15.3. The van der Waals surface area contributed by atoms with Gasteiger partial charge >= 0.3 is 6.18 Å². The fraction of sp³-hybridized carbons (Fsp3) is 0.250. The van der Waals surface area contributed by atoms with E-state index in [1.54, 1.807) is 0 Å². The van der Waals surface area contributed by atoms with Gasteiger partial charge in [-0.2, -0.15) is 13.2 Å². The molecule has 3 nitrogen and oxygen atoms in total. The predicted octanol–water partition coefficient (Wildman–Crippen LogP) is 5.65. The summed E-state index contributed by atoms with van der Waals surface area (Å²) >= 11 is 1.33. The van der Waals surface area contributed by atoms with Crippen LogP contribution >= 0.6 is 28.3 Å². The minimum absolute atomic E-state index is 0. The Balaban J connectivity index is 0.00000280. The van der Waals surface area contributed by atoms with E-state index >= 15 is 0 Å². The second-order valence-corrected chi connectivity index (χ2v) is 7.07. The minimum Gasteiger partial charge on any atom is -0.395 e. The van der Waals surface area contributed by atoms with Gasteiger partial charge in [0.1, 0.15) is 0 Å². The van der Waals surface area contributed by atoms with Crippen LogP contribution in [0, 0.1) is 13.8 Å². The molecule has 8 heteroatoms. The summed E-state index contributed by atoms with van der Waals surface area (Å²) in [7, 11) is 0. The monoisotopic (exact) mass is 472 g/mol. The number of nitrogens with zero attached hydrogens (tertiary/aromatic N) is 2. The van der Waals surface area contributed by atoms with Crippen LogP contribution in [0.15, 0.2) is 52.8 Å². The minimum atomic E-state index is -4.41. The van der Waals surface area contributed by atoms with E-state index in [-0.39, 0.29) is 29.3 Å². The lowest BCUT2D eigenvalue weighted by atomic mass is 10.0. The number of aliphatic hydroxyl groups is 1. The molecule has 1 N–H and O–H groups in total. The summed E-state index contributed by atoms with van der Waals surface area (Å²) < 4.78 is 40.6. The lowest BCUT2D eigenvalue weighted by Crippen LogP contribution is -2.18. The summed E-state index contributed by atoms with van der Waals surface area (Å²) in [6.45, 7) is 4.27. The summed E-state index contributed by atoms with van der Waals surface area (Å²) in [5, 5.41) is 11.4. The standard InChI is InChI=1S/C20H19F3N2OS.BrH/c1-13-6-7-15(10-14(13)2)18-12-27-19(25(18)8-9-26)24-17-5-3-4-16(11-17)20(21,22)23;/h3-7,10-12,26H,8-9H2,1-2H3;1H. The number of aromatic nitrogens is 1. The van der Waals surface area contributed by atoms with Gasteiger partial charge in [-0.3, -0.25) is 0 Å². The van der Waals surface area contributed by atoms with Gasteiger partial charge < -0.3 is 9.67 Å². The van der Waals surface area contributed by atoms with Crippen molar-refractivity contribution < 1.29 is 18.3 Å². The summed E-state index contributed by atoms with van der Waals surface area (Å²) in [6.07, 6.45) is -4.41. The molecule has 0 radical (unpaired) electrons. The van der Waals surface area contributed by atoms with E-state index in [2.05, 4.69) is 11.1 Å². The van der Waals surface area contributed by atoms with Gasteiger partial charge in [-0.05, 0) is 54.8 Å². The third-order valence-corrected chi connectivity index (χ3v) is 5.19. The number of aliphatic hydroxyl groups excluding tert-OH is 1. The first-order valence-corrected chi connectivity index (χ1v) is 9.26. The molecule has 0 saturated heterocycles. The smallest absolute Gasteiger partial charge is 0.395 e. The molecule has 2 aromatic carbocycles. The largest absolute Gasteiger partial charge is 0.416 e. The van der Waals surface area contributed by atoms with E-state index in [4.69, 9.17) is 0 Å². The van der Waals surface area contributed by atoms with Crippen LogP contribution in [-0.4, -0.2) is 16.3 Å². The second-order valence-electron chi connectivity index (χ2n) is 6.24. The van der Waals surface area contributed by atoms with Crippen molar-refractivity contribution in [3.63, 3.8) is 0 Å². The zero-order chi connectivity index (χ0) is 19.6. The van der Waals surface area contributed by atoms with E-state index in [9.17, 15) is 18.3 Å². The average molecular weight is 473 g/mol. The second kappa shape index (κ2) is 9.07. The lowest BCUT2D eigenvalue weighted by molar-refractivity contribution is -0.137. The van der Waals surface area contributed by atoms with Crippen LogP contribution in [0.25, 0.3) is 11.3 Å². The molecule has 3 rings (SSSR count). The number of hydrogen-bond acceptors (Lipinski definition) is 3. The number of alkyl halides is 3. The molecule has 150 valence electrons. The Kier molecular flexibility index (Phi) is 7.25. The Bertz CT molecular complexity index is 1020. The summed E-state index contributed by atoms with van der Waals surface area (Å²) in [6, 6.07) is 11.0. The van der Waals surface area contributed by atoms with Crippen molar-refractivity contribution in [3.8, 4) is 11.3 Å². The third kappa shape index (κ3) is 4.92. The molecule has 28 heavy (non-hydrogen) atoms. The fourth-order valence-corrected chi connectivity index (χ4v) is 3.68. The van der Waals surface area contributed by atoms with Gasteiger partial charge in [0.25, 0.3) is 0 Å². The maximum absolute atomic E-state index is 12.9.